The van der Waals surface area contributed by atoms with Gasteiger partial charge in [0.25, 0.3) is 0 Å². The predicted octanol–water partition coefficient (Wildman–Crippen LogP) is 1.82. The van der Waals surface area contributed by atoms with Gasteiger partial charge in [0.2, 0.25) is 0 Å². The van der Waals surface area contributed by atoms with Crippen LogP contribution in [0.4, 0.5) is 0 Å². The van der Waals surface area contributed by atoms with Gasteiger partial charge in [0, 0.05) is 25.2 Å². The summed E-state index contributed by atoms with van der Waals surface area (Å²) in [5.74, 6) is 1.16. The highest BCUT2D eigenvalue weighted by Gasteiger charge is 2.24. The van der Waals surface area contributed by atoms with E-state index in [4.69, 9.17) is 5.73 Å². The summed E-state index contributed by atoms with van der Waals surface area (Å²) in [7, 11) is 0. The van der Waals surface area contributed by atoms with Crippen LogP contribution in [0.25, 0.3) is 5.52 Å². The Balaban J connectivity index is 1.88. The molecule has 4 heteroatoms. The van der Waals surface area contributed by atoms with Crippen LogP contribution in [-0.4, -0.2) is 33.4 Å². The van der Waals surface area contributed by atoms with Gasteiger partial charge < -0.3 is 15.0 Å². The monoisotopic (exact) mass is 258 g/mol. The Hall–Kier alpha value is -1.39. The molecule has 102 valence electrons. The Kier molecular flexibility index (Phi) is 3.53. The molecular formula is C15H22N4. The van der Waals surface area contributed by atoms with Gasteiger partial charge in [-0.2, -0.15) is 0 Å². The van der Waals surface area contributed by atoms with Crippen LogP contribution in [0.2, 0.25) is 0 Å². The SMILES string of the molecule is CCN1CCCC1Cc1ncc2ccc(CN)cn12. The number of likely N-dealkylation sites (tertiary alicyclic amines) is 1. The number of imidazole rings is 1. The zero-order valence-corrected chi connectivity index (χ0v) is 11.5. The maximum absolute atomic E-state index is 5.72. The highest BCUT2D eigenvalue weighted by atomic mass is 15.2. The fourth-order valence-corrected chi connectivity index (χ4v) is 3.11. The second-order valence-corrected chi connectivity index (χ2v) is 5.34. The standard InChI is InChI=1S/C15H22N4/c1-2-18-7-3-4-13(18)8-15-17-10-14-6-5-12(9-16)11-19(14)15/h5-6,10-11,13H,2-4,7-9,16H2,1H3. The molecule has 0 radical (unpaired) electrons. The van der Waals surface area contributed by atoms with Gasteiger partial charge in [-0.05, 0) is 37.6 Å². The fourth-order valence-electron chi connectivity index (χ4n) is 3.11. The van der Waals surface area contributed by atoms with E-state index in [1.54, 1.807) is 0 Å². The molecular weight excluding hydrogens is 236 g/mol. The summed E-state index contributed by atoms with van der Waals surface area (Å²) < 4.78 is 2.20. The van der Waals surface area contributed by atoms with Crippen molar-refractivity contribution in [3.63, 3.8) is 0 Å². The molecule has 2 aromatic rings. The first-order chi connectivity index (χ1) is 9.31. The molecule has 19 heavy (non-hydrogen) atoms. The highest BCUT2D eigenvalue weighted by Crippen LogP contribution is 2.21. The molecule has 1 atom stereocenters. The number of hydrogen-bond acceptors (Lipinski definition) is 3. The van der Waals surface area contributed by atoms with Gasteiger partial charge in [-0.15, -0.1) is 0 Å². The van der Waals surface area contributed by atoms with Crippen molar-refractivity contribution in [2.24, 2.45) is 5.73 Å². The molecule has 0 spiro atoms. The number of nitrogens with zero attached hydrogens (tertiary/aromatic N) is 3. The third-order valence-electron chi connectivity index (χ3n) is 4.22. The second-order valence-electron chi connectivity index (χ2n) is 5.34. The molecule has 2 aromatic heterocycles. The minimum absolute atomic E-state index is 0.581. The number of rotatable bonds is 4. The number of pyridine rings is 1. The first-order valence-corrected chi connectivity index (χ1v) is 7.20. The van der Waals surface area contributed by atoms with Gasteiger partial charge in [-0.25, -0.2) is 4.98 Å². The zero-order valence-electron chi connectivity index (χ0n) is 11.5. The van der Waals surface area contributed by atoms with E-state index in [1.807, 2.05) is 6.20 Å². The molecule has 1 fully saturated rings. The smallest absolute Gasteiger partial charge is 0.114 e. The predicted molar refractivity (Wildman–Crippen MR) is 77.1 cm³/mol. The largest absolute Gasteiger partial charge is 0.326 e. The molecule has 0 aromatic carbocycles. The van der Waals surface area contributed by atoms with Crippen LogP contribution < -0.4 is 5.73 Å². The summed E-state index contributed by atoms with van der Waals surface area (Å²) >= 11 is 0. The lowest BCUT2D eigenvalue weighted by Gasteiger charge is -2.22. The van der Waals surface area contributed by atoms with E-state index in [0.717, 1.165) is 29.9 Å². The van der Waals surface area contributed by atoms with Gasteiger partial charge in [0.05, 0.1) is 11.7 Å². The van der Waals surface area contributed by atoms with E-state index >= 15 is 0 Å². The summed E-state index contributed by atoms with van der Waals surface area (Å²) in [4.78, 5) is 7.16. The summed E-state index contributed by atoms with van der Waals surface area (Å²) in [5, 5.41) is 0. The molecule has 1 unspecified atom stereocenters. The summed E-state index contributed by atoms with van der Waals surface area (Å²) in [6.45, 7) is 5.20. The number of aromatic nitrogens is 2. The molecule has 3 heterocycles. The first kappa shape index (κ1) is 12.6. The Morgan fingerprint density at radius 3 is 3.11 bits per heavy atom. The number of fused-ring (bicyclic) bond motifs is 1. The van der Waals surface area contributed by atoms with Crippen molar-refractivity contribution in [2.45, 2.75) is 38.8 Å². The zero-order chi connectivity index (χ0) is 13.2. The molecule has 0 amide bonds. The molecule has 1 aliphatic rings. The average Bonchev–Trinajstić information content (AvgIpc) is 3.06. The van der Waals surface area contributed by atoms with Crippen LogP contribution in [0.5, 0.6) is 0 Å². The number of nitrogens with two attached hydrogens (primary N) is 1. The Bertz CT molecular complexity index is 560. The van der Waals surface area contributed by atoms with Crippen molar-refractivity contribution < 1.29 is 0 Å². The van der Waals surface area contributed by atoms with Crippen LogP contribution in [0.15, 0.2) is 24.5 Å². The van der Waals surface area contributed by atoms with Crippen LogP contribution >= 0.6 is 0 Å². The summed E-state index contributed by atoms with van der Waals surface area (Å²) in [6.07, 6.45) is 7.73. The average molecular weight is 258 g/mol. The normalized spacial score (nSPS) is 20.4. The van der Waals surface area contributed by atoms with Gasteiger partial charge in [-0.1, -0.05) is 13.0 Å². The van der Waals surface area contributed by atoms with Gasteiger partial charge in [-0.3, -0.25) is 0 Å². The van der Waals surface area contributed by atoms with E-state index in [2.05, 4.69) is 39.5 Å². The molecule has 2 N–H and O–H groups in total. The lowest BCUT2D eigenvalue weighted by Crippen LogP contribution is -2.31. The third-order valence-corrected chi connectivity index (χ3v) is 4.22. The molecule has 1 saturated heterocycles. The van der Waals surface area contributed by atoms with Crippen molar-refractivity contribution >= 4 is 5.52 Å². The Morgan fingerprint density at radius 1 is 1.42 bits per heavy atom. The minimum Gasteiger partial charge on any atom is -0.326 e. The van der Waals surface area contributed by atoms with Crippen molar-refractivity contribution in [1.29, 1.82) is 0 Å². The molecule has 1 aliphatic heterocycles. The number of likely N-dealkylation sites (N-methyl/N-ethyl adjacent to an activating group) is 1. The lowest BCUT2D eigenvalue weighted by atomic mass is 10.1. The Labute approximate surface area is 114 Å². The third kappa shape index (κ3) is 2.38. The van der Waals surface area contributed by atoms with Crippen LogP contribution in [0.3, 0.4) is 0 Å². The maximum Gasteiger partial charge on any atom is 0.114 e. The molecule has 0 bridgehead atoms. The van der Waals surface area contributed by atoms with E-state index in [1.165, 1.54) is 19.4 Å². The summed E-state index contributed by atoms with van der Waals surface area (Å²) in [6, 6.07) is 4.83. The van der Waals surface area contributed by atoms with Gasteiger partial charge >= 0.3 is 0 Å². The Morgan fingerprint density at radius 2 is 2.32 bits per heavy atom. The van der Waals surface area contributed by atoms with Crippen molar-refractivity contribution in [1.82, 2.24) is 14.3 Å². The van der Waals surface area contributed by atoms with Crippen molar-refractivity contribution in [3.8, 4) is 0 Å². The lowest BCUT2D eigenvalue weighted by molar-refractivity contribution is 0.263. The van der Waals surface area contributed by atoms with Gasteiger partial charge in [0.1, 0.15) is 5.82 Å². The topological polar surface area (TPSA) is 46.6 Å². The van der Waals surface area contributed by atoms with E-state index in [-0.39, 0.29) is 0 Å². The highest BCUT2D eigenvalue weighted by molar-refractivity contribution is 5.47. The molecule has 0 aliphatic carbocycles. The molecule has 0 saturated carbocycles. The fraction of sp³-hybridized carbons (Fsp3) is 0.533. The van der Waals surface area contributed by atoms with Crippen molar-refractivity contribution in [3.05, 3.63) is 35.9 Å². The molecule has 4 nitrogen and oxygen atoms in total. The van der Waals surface area contributed by atoms with E-state index in [9.17, 15) is 0 Å². The number of hydrogen-bond donors (Lipinski definition) is 1. The minimum atomic E-state index is 0.581. The summed E-state index contributed by atoms with van der Waals surface area (Å²) in [5.41, 5.74) is 8.04. The van der Waals surface area contributed by atoms with E-state index < -0.39 is 0 Å². The molecule has 3 rings (SSSR count). The van der Waals surface area contributed by atoms with Crippen LogP contribution in [0.1, 0.15) is 31.2 Å². The van der Waals surface area contributed by atoms with Crippen LogP contribution in [0, 0.1) is 0 Å². The van der Waals surface area contributed by atoms with Crippen LogP contribution in [-0.2, 0) is 13.0 Å². The van der Waals surface area contributed by atoms with E-state index in [0.29, 0.717) is 12.6 Å². The maximum atomic E-state index is 5.72. The first-order valence-electron chi connectivity index (χ1n) is 7.20. The van der Waals surface area contributed by atoms with Crippen molar-refractivity contribution in [2.75, 3.05) is 13.1 Å². The second kappa shape index (κ2) is 5.31. The van der Waals surface area contributed by atoms with Gasteiger partial charge in [0.15, 0.2) is 0 Å². The quantitative estimate of drug-likeness (QED) is 0.910.